The fourth-order valence-corrected chi connectivity index (χ4v) is 2.76. The molecule has 0 saturated carbocycles. The van der Waals surface area contributed by atoms with Crippen molar-refractivity contribution in [2.24, 2.45) is 0 Å². The number of carbonyl (C=O) groups is 1. The molecule has 2 heterocycles. The summed E-state index contributed by atoms with van der Waals surface area (Å²) in [6.45, 7) is 4.31. The van der Waals surface area contributed by atoms with Gasteiger partial charge in [0, 0.05) is 11.9 Å². The van der Waals surface area contributed by atoms with E-state index in [-0.39, 0.29) is 11.2 Å². The highest BCUT2D eigenvalue weighted by Gasteiger charge is 2.19. The molecule has 1 aromatic carbocycles. The molecule has 0 fully saturated rings. The summed E-state index contributed by atoms with van der Waals surface area (Å²) >= 11 is 1.21. The number of rotatable bonds is 7. The number of aromatic amines is 1. The molecule has 25 heavy (non-hydrogen) atoms. The number of anilines is 1. The van der Waals surface area contributed by atoms with Gasteiger partial charge in [0.1, 0.15) is 11.4 Å². The Hall–Kier alpha value is -2.74. The van der Waals surface area contributed by atoms with Crippen LogP contribution in [-0.2, 0) is 4.79 Å². The van der Waals surface area contributed by atoms with Gasteiger partial charge in [0.25, 0.3) is 11.1 Å². The minimum atomic E-state index is -0.386. The van der Waals surface area contributed by atoms with E-state index in [1.807, 2.05) is 31.2 Å². The molecule has 0 aliphatic rings. The molecule has 0 radical (unpaired) electrons. The van der Waals surface area contributed by atoms with Crippen molar-refractivity contribution >= 4 is 23.4 Å². The van der Waals surface area contributed by atoms with Gasteiger partial charge in [0.05, 0.1) is 11.9 Å². The number of H-pyrrole nitrogens is 1. The van der Waals surface area contributed by atoms with Gasteiger partial charge in [-0.1, -0.05) is 11.8 Å². The lowest BCUT2D eigenvalue weighted by molar-refractivity contribution is -0.115. The first-order valence-corrected chi connectivity index (χ1v) is 8.71. The van der Waals surface area contributed by atoms with Crippen molar-refractivity contribution in [1.82, 2.24) is 15.2 Å². The number of hydrogen-bond donors (Lipinski definition) is 2. The summed E-state index contributed by atoms with van der Waals surface area (Å²) in [4.78, 5) is 15.3. The van der Waals surface area contributed by atoms with Crippen molar-refractivity contribution in [3.05, 3.63) is 42.6 Å². The molecule has 3 aromatic rings. The maximum atomic E-state index is 12.3. The van der Waals surface area contributed by atoms with Gasteiger partial charge >= 0.3 is 0 Å². The van der Waals surface area contributed by atoms with Crippen LogP contribution in [0.1, 0.15) is 13.8 Å². The molecule has 0 saturated heterocycles. The summed E-state index contributed by atoms with van der Waals surface area (Å²) in [6.07, 6.45) is 1.78. The van der Waals surface area contributed by atoms with E-state index in [1.54, 1.807) is 25.3 Å². The van der Waals surface area contributed by atoms with Crippen molar-refractivity contribution in [1.29, 1.82) is 0 Å². The molecule has 0 spiro atoms. The van der Waals surface area contributed by atoms with Crippen LogP contribution in [0, 0.1) is 0 Å². The lowest BCUT2D eigenvalue weighted by atomic mass is 10.3. The van der Waals surface area contributed by atoms with Crippen LogP contribution in [0.5, 0.6) is 5.75 Å². The van der Waals surface area contributed by atoms with Crippen LogP contribution in [0.2, 0.25) is 0 Å². The van der Waals surface area contributed by atoms with Crippen LogP contribution in [0.15, 0.2) is 52.2 Å². The van der Waals surface area contributed by atoms with E-state index in [2.05, 4.69) is 20.5 Å². The maximum Gasteiger partial charge on any atom is 0.277 e. The lowest BCUT2D eigenvalue weighted by Gasteiger charge is -2.10. The van der Waals surface area contributed by atoms with Crippen molar-refractivity contribution in [3.63, 3.8) is 0 Å². The van der Waals surface area contributed by atoms with E-state index in [9.17, 15) is 4.79 Å². The molecule has 1 atom stereocenters. The van der Waals surface area contributed by atoms with Gasteiger partial charge in [-0.3, -0.25) is 4.79 Å². The number of nitrogens with zero attached hydrogens (tertiary/aromatic N) is 2. The standard InChI is InChI=1S/C17H18N4O3S/c1-3-23-13-8-6-12(7-9-13)19-15(22)11(2)25-17-21-20-16(24-17)14-5-4-10-18-14/h4-11,18H,3H2,1-2H3,(H,19,22). The molecule has 0 aliphatic carbocycles. The van der Waals surface area contributed by atoms with Crippen molar-refractivity contribution < 1.29 is 13.9 Å². The van der Waals surface area contributed by atoms with Crippen LogP contribution >= 0.6 is 11.8 Å². The summed E-state index contributed by atoms with van der Waals surface area (Å²) < 4.78 is 10.9. The van der Waals surface area contributed by atoms with Gasteiger partial charge in [-0.15, -0.1) is 10.2 Å². The highest BCUT2D eigenvalue weighted by atomic mass is 32.2. The third-order valence-corrected chi connectivity index (χ3v) is 4.25. The minimum absolute atomic E-state index is 0.145. The summed E-state index contributed by atoms with van der Waals surface area (Å²) in [5, 5.41) is 10.7. The Bertz CT molecular complexity index is 815. The van der Waals surface area contributed by atoms with Crippen LogP contribution in [0.4, 0.5) is 5.69 Å². The Morgan fingerprint density at radius 2 is 2.12 bits per heavy atom. The summed E-state index contributed by atoms with van der Waals surface area (Å²) in [5.41, 5.74) is 1.45. The number of nitrogens with one attached hydrogen (secondary N) is 2. The quantitative estimate of drug-likeness (QED) is 0.627. The average Bonchev–Trinajstić information content (AvgIpc) is 3.28. The van der Waals surface area contributed by atoms with Crippen molar-refractivity contribution in [2.45, 2.75) is 24.3 Å². The first-order valence-electron chi connectivity index (χ1n) is 7.83. The van der Waals surface area contributed by atoms with Gasteiger partial charge in [-0.2, -0.15) is 0 Å². The van der Waals surface area contributed by atoms with Gasteiger partial charge in [-0.25, -0.2) is 0 Å². The number of carbonyl (C=O) groups excluding carboxylic acids is 1. The molecule has 130 valence electrons. The second-order valence-corrected chi connectivity index (χ2v) is 6.46. The molecular formula is C17H18N4O3S. The molecule has 8 heteroatoms. The Labute approximate surface area is 149 Å². The first-order chi connectivity index (χ1) is 12.2. The van der Waals surface area contributed by atoms with E-state index in [4.69, 9.17) is 9.15 Å². The van der Waals surface area contributed by atoms with Crippen LogP contribution in [0.25, 0.3) is 11.6 Å². The molecule has 2 aromatic heterocycles. The fraction of sp³-hybridized carbons (Fsp3) is 0.235. The predicted octanol–water partition coefficient (Wildman–Crippen LogP) is 3.58. The maximum absolute atomic E-state index is 12.3. The number of thioether (sulfide) groups is 1. The van der Waals surface area contributed by atoms with Gasteiger partial charge < -0.3 is 19.5 Å². The highest BCUT2D eigenvalue weighted by molar-refractivity contribution is 8.00. The molecule has 0 aliphatic heterocycles. The second kappa shape index (κ2) is 7.89. The largest absolute Gasteiger partial charge is 0.494 e. The van der Waals surface area contributed by atoms with E-state index in [0.29, 0.717) is 23.4 Å². The molecule has 1 unspecified atom stereocenters. The van der Waals surface area contributed by atoms with E-state index < -0.39 is 0 Å². The topological polar surface area (TPSA) is 93.0 Å². The number of ether oxygens (including phenoxy) is 1. The molecule has 2 N–H and O–H groups in total. The Kier molecular flexibility index (Phi) is 5.39. The highest BCUT2D eigenvalue weighted by Crippen LogP contribution is 2.26. The summed E-state index contributed by atoms with van der Waals surface area (Å²) in [6, 6.07) is 10.9. The molecule has 7 nitrogen and oxygen atoms in total. The van der Waals surface area contributed by atoms with Gasteiger partial charge in [0.2, 0.25) is 5.91 Å². The number of benzene rings is 1. The predicted molar refractivity (Wildman–Crippen MR) is 95.6 cm³/mol. The smallest absolute Gasteiger partial charge is 0.277 e. The zero-order valence-corrected chi connectivity index (χ0v) is 14.7. The molecule has 0 bridgehead atoms. The summed E-state index contributed by atoms with van der Waals surface area (Å²) in [7, 11) is 0. The van der Waals surface area contributed by atoms with Crippen LogP contribution in [0.3, 0.4) is 0 Å². The molecule has 3 rings (SSSR count). The first kappa shape index (κ1) is 17.1. The number of aromatic nitrogens is 3. The third kappa shape index (κ3) is 4.42. The normalized spacial score (nSPS) is 11.9. The fourth-order valence-electron chi connectivity index (χ4n) is 2.08. The van der Waals surface area contributed by atoms with Gasteiger partial charge in [-0.05, 0) is 50.2 Å². The average molecular weight is 358 g/mol. The van der Waals surface area contributed by atoms with E-state index in [1.165, 1.54) is 11.8 Å². The number of hydrogen-bond acceptors (Lipinski definition) is 6. The lowest BCUT2D eigenvalue weighted by Crippen LogP contribution is -2.22. The SMILES string of the molecule is CCOc1ccc(NC(=O)C(C)Sc2nnc(-c3ccc[nH]3)o2)cc1. The van der Waals surface area contributed by atoms with E-state index in [0.717, 1.165) is 11.4 Å². The third-order valence-electron chi connectivity index (χ3n) is 3.31. The number of amides is 1. The van der Waals surface area contributed by atoms with Crippen molar-refractivity contribution in [2.75, 3.05) is 11.9 Å². The van der Waals surface area contributed by atoms with Gasteiger partial charge in [0.15, 0.2) is 0 Å². The zero-order valence-electron chi connectivity index (χ0n) is 13.9. The van der Waals surface area contributed by atoms with Crippen LogP contribution in [-0.4, -0.2) is 32.9 Å². The van der Waals surface area contributed by atoms with Crippen molar-refractivity contribution in [3.8, 4) is 17.3 Å². The Morgan fingerprint density at radius 1 is 1.32 bits per heavy atom. The second-order valence-electron chi connectivity index (χ2n) is 5.16. The van der Waals surface area contributed by atoms with Crippen LogP contribution < -0.4 is 10.1 Å². The molecule has 1 amide bonds. The monoisotopic (exact) mass is 358 g/mol. The summed E-state index contributed by atoms with van der Waals surface area (Å²) in [5.74, 6) is 1.02. The van der Waals surface area contributed by atoms with E-state index >= 15 is 0 Å². The Balaban J connectivity index is 1.57. The Morgan fingerprint density at radius 3 is 2.80 bits per heavy atom. The zero-order chi connectivity index (χ0) is 17.6. The minimum Gasteiger partial charge on any atom is -0.494 e. The molecular weight excluding hydrogens is 340 g/mol.